The minimum atomic E-state index is -0.266. The van der Waals surface area contributed by atoms with E-state index in [9.17, 15) is 5.11 Å². The maximum absolute atomic E-state index is 9.62. The molecule has 0 bridgehead atoms. The topological polar surface area (TPSA) is 57.2 Å². The number of ether oxygens (including phenoxy) is 1. The van der Waals surface area contributed by atoms with Gasteiger partial charge in [-0.1, -0.05) is 60.8 Å². The number of aliphatic hydroxyl groups excluding tert-OH is 1. The maximum atomic E-state index is 9.62. The van der Waals surface area contributed by atoms with Crippen molar-refractivity contribution in [2.75, 3.05) is 7.11 Å². The highest BCUT2D eigenvalue weighted by atomic mass is 31.0. The lowest BCUT2D eigenvalue weighted by molar-refractivity contribution is 0.00744. The van der Waals surface area contributed by atoms with Gasteiger partial charge in [-0.15, -0.1) is 0 Å². The van der Waals surface area contributed by atoms with Crippen molar-refractivity contribution in [3.63, 3.8) is 0 Å². The Morgan fingerprint density at radius 1 is 0.697 bits per heavy atom. The molecule has 0 spiro atoms. The molecule has 3 fully saturated rings. The number of hydrogen-bond acceptors (Lipinski definition) is 5. The minimum absolute atomic E-state index is 0.0416. The third-order valence-electron chi connectivity index (χ3n) is 8.75. The molecule has 0 aromatic carbocycles. The molecule has 14 atom stereocenters. The van der Waals surface area contributed by atoms with Crippen LogP contribution in [0.15, 0.2) is 0 Å². The van der Waals surface area contributed by atoms with E-state index in [-0.39, 0.29) is 24.4 Å². The van der Waals surface area contributed by atoms with Crippen LogP contribution in [0.1, 0.15) is 86.5 Å². The third kappa shape index (κ3) is 9.16. The van der Waals surface area contributed by atoms with Crippen LogP contribution in [0, 0.1) is 35.5 Å². The molecular weight excluding hydrogens is 473 g/mol. The van der Waals surface area contributed by atoms with Crippen LogP contribution in [0.2, 0.25) is 0 Å². The van der Waals surface area contributed by atoms with Gasteiger partial charge in [-0.25, -0.2) is 0 Å². The lowest BCUT2D eigenvalue weighted by Gasteiger charge is -2.20. The summed E-state index contributed by atoms with van der Waals surface area (Å²) < 4.78 is 21.1. The summed E-state index contributed by atoms with van der Waals surface area (Å²) in [5.41, 5.74) is 0. The average Bonchev–Trinajstić information content (AvgIpc) is 3.46. The molecule has 0 heterocycles. The van der Waals surface area contributed by atoms with E-state index in [2.05, 4.69) is 69.9 Å². The summed E-state index contributed by atoms with van der Waals surface area (Å²) >= 11 is 0. The van der Waals surface area contributed by atoms with Crippen molar-refractivity contribution in [2.24, 2.45) is 35.5 Å². The first-order valence-electron chi connectivity index (χ1n) is 13.0. The van der Waals surface area contributed by atoms with Gasteiger partial charge in [-0.3, -0.25) is 0 Å². The van der Waals surface area contributed by atoms with Gasteiger partial charge in [-0.2, -0.15) is 0 Å². The van der Waals surface area contributed by atoms with E-state index in [1.165, 1.54) is 25.7 Å². The fourth-order valence-electron chi connectivity index (χ4n) is 6.19. The van der Waals surface area contributed by atoms with Gasteiger partial charge in [0.2, 0.25) is 0 Å². The minimum Gasteiger partial charge on any atom is -0.390 e. The fourth-order valence-corrected chi connectivity index (χ4v) is 6.95. The number of aliphatic hydroxyl groups is 1. The smallest absolute Gasteiger partial charge is 0.0877 e. The molecule has 0 saturated heterocycles. The number of methoxy groups -OCH3 is 1. The molecule has 0 radical (unpaired) electrons. The second kappa shape index (κ2) is 16.8. The molecule has 198 valence electrons. The Morgan fingerprint density at radius 3 is 1.52 bits per heavy atom. The van der Waals surface area contributed by atoms with E-state index in [0.29, 0.717) is 23.9 Å². The molecule has 3 saturated carbocycles. The van der Waals surface area contributed by atoms with Crippen molar-refractivity contribution in [2.45, 2.75) is 117 Å². The highest BCUT2D eigenvalue weighted by Gasteiger charge is 2.40. The Hall–Kier alpha value is 1.09. The summed E-state index contributed by atoms with van der Waals surface area (Å²) in [7, 11) is 8.74. The monoisotopic (exact) mass is 526 g/mol. The first kappa shape index (κ1) is 32.1. The van der Waals surface area contributed by atoms with Gasteiger partial charge in [0.1, 0.15) is 0 Å². The largest absolute Gasteiger partial charge is 0.390 e. The van der Waals surface area contributed by atoms with E-state index in [1.54, 1.807) is 7.11 Å². The van der Waals surface area contributed by atoms with Crippen molar-refractivity contribution in [3.8, 4) is 0 Å². The lowest BCUT2D eigenvalue weighted by Crippen LogP contribution is -2.27. The summed E-state index contributed by atoms with van der Waals surface area (Å²) in [5, 5.41) is 9.62. The zero-order valence-corrected chi connectivity index (χ0v) is 25.6. The van der Waals surface area contributed by atoms with Crippen LogP contribution in [0.25, 0.3) is 0 Å². The van der Waals surface area contributed by atoms with E-state index in [4.69, 9.17) is 18.3 Å². The van der Waals surface area contributed by atoms with Crippen LogP contribution >= 0.6 is 28.4 Å². The molecule has 14 unspecified atom stereocenters. The van der Waals surface area contributed by atoms with Gasteiger partial charge in [-0.05, 0) is 61.2 Å². The first-order chi connectivity index (χ1) is 15.7. The molecule has 8 heteroatoms. The lowest BCUT2D eigenvalue weighted by atomic mass is 9.95. The van der Waals surface area contributed by atoms with Crippen LogP contribution in [0.4, 0.5) is 0 Å². The summed E-state index contributed by atoms with van der Waals surface area (Å²) in [6.45, 7) is 13.4. The molecule has 3 rings (SSSR count). The average molecular weight is 527 g/mol. The van der Waals surface area contributed by atoms with E-state index >= 15 is 0 Å². The van der Waals surface area contributed by atoms with Crippen molar-refractivity contribution in [1.82, 2.24) is 0 Å². The fraction of sp³-hybridized carbons (Fsp3) is 1.00. The van der Waals surface area contributed by atoms with Gasteiger partial charge in [0.05, 0.1) is 30.5 Å². The summed E-state index contributed by atoms with van der Waals surface area (Å²) in [6, 6.07) is 0. The first-order valence-corrected chi connectivity index (χ1v) is 14.4. The second-order valence-electron chi connectivity index (χ2n) is 10.4. The molecule has 0 amide bonds. The molecule has 0 aromatic heterocycles. The number of hydrogen-bond donors (Lipinski definition) is 1. The van der Waals surface area contributed by atoms with E-state index < -0.39 is 0 Å². The molecule has 1 N–H and O–H groups in total. The van der Waals surface area contributed by atoms with Crippen LogP contribution in [0.3, 0.4) is 0 Å². The Morgan fingerprint density at radius 2 is 1.21 bits per heavy atom. The highest BCUT2D eigenvalue weighted by Crippen LogP contribution is 2.39. The van der Waals surface area contributed by atoms with Crippen molar-refractivity contribution < 1.29 is 23.4 Å². The van der Waals surface area contributed by atoms with Crippen LogP contribution in [-0.2, 0) is 18.3 Å². The van der Waals surface area contributed by atoms with Gasteiger partial charge in [0.15, 0.2) is 0 Å². The Balaban J connectivity index is 0.000000249. The summed E-state index contributed by atoms with van der Waals surface area (Å²) in [6.07, 6.45) is 9.19. The molecule has 0 aromatic rings. The zero-order chi connectivity index (χ0) is 25.1. The molecular formula is C25H53O5P3. The van der Waals surface area contributed by atoms with Crippen molar-refractivity contribution >= 4 is 28.4 Å². The maximum Gasteiger partial charge on any atom is 0.0877 e. The van der Waals surface area contributed by atoms with Gasteiger partial charge in [0.25, 0.3) is 0 Å². The zero-order valence-electron chi connectivity index (χ0n) is 22.1. The predicted molar refractivity (Wildman–Crippen MR) is 148 cm³/mol. The summed E-state index contributed by atoms with van der Waals surface area (Å²) in [5.74, 6) is 4.20. The molecule has 3 aliphatic rings. The van der Waals surface area contributed by atoms with Gasteiger partial charge >= 0.3 is 0 Å². The Kier molecular flexibility index (Phi) is 16.3. The van der Waals surface area contributed by atoms with Crippen LogP contribution in [0.5, 0.6) is 0 Å². The van der Waals surface area contributed by atoms with Crippen molar-refractivity contribution in [3.05, 3.63) is 0 Å². The third-order valence-corrected chi connectivity index (χ3v) is 9.84. The normalized spacial score (nSPS) is 42.5. The number of rotatable bonds is 7. The van der Waals surface area contributed by atoms with Crippen molar-refractivity contribution in [1.29, 1.82) is 0 Å². The molecule has 3 aliphatic carbocycles. The molecule has 0 aliphatic heterocycles. The van der Waals surface area contributed by atoms with Crippen LogP contribution < -0.4 is 0 Å². The van der Waals surface area contributed by atoms with Gasteiger partial charge < -0.3 is 23.4 Å². The quantitative estimate of drug-likeness (QED) is 0.387. The SMILES string of the molecule is CCC1CC(OP)C(O)C1C.CCC1CC(OP)C(OC)C1C.CCC1CC(OP)CC1C. The van der Waals surface area contributed by atoms with E-state index in [0.717, 1.165) is 37.0 Å². The predicted octanol–water partition coefficient (Wildman–Crippen LogP) is 6.45. The summed E-state index contributed by atoms with van der Waals surface area (Å²) in [4.78, 5) is 0. The molecule has 33 heavy (non-hydrogen) atoms. The molecule has 5 nitrogen and oxygen atoms in total. The van der Waals surface area contributed by atoms with E-state index in [1.807, 2.05) is 0 Å². The Bertz CT molecular complexity index is 494. The van der Waals surface area contributed by atoms with Gasteiger partial charge in [0, 0.05) is 35.5 Å². The second-order valence-corrected chi connectivity index (χ2v) is 11.3. The highest BCUT2D eigenvalue weighted by molar-refractivity contribution is 7.10. The van der Waals surface area contributed by atoms with Crippen LogP contribution in [-0.4, -0.2) is 42.7 Å². The Labute approximate surface area is 211 Å². The standard InChI is InChI=1S/C9H19O2P.C8H17O2P.C8H17OP/c1-4-7-5-8(11-12)9(10-3)6(7)2;1-3-6-4-7(10-11)8(9)5(6)2;1-3-7-5-8(9-10)4-6(7)2/h6-9H,4-5,12H2,1-3H3;5-9H,3-4,11H2,1-2H3;6-8H,3-5,10H2,1-2H3.